The van der Waals surface area contributed by atoms with E-state index in [2.05, 4.69) is 38.4 Å². The first-order valence-corrected chi connectivity index (χ1v) is 9.87. The van der Waals surface area contributed by atoms with E-state index in [4.69, 9.17) is 19.6 Å². The van der Waals surface area contributed by atoms with Crippen LogP contribution < -0.4 is 0 Å². The molecule has 6 nitrogen and oxygen atoms in total. The zero-order valence-electron chi connectivity index (χ0n) is 16.1. The number of hydrogen-bond acceptors (Lipinski definition) is 6. The number of alkyl halides is 2. The van der Waals surface area contributed by atoms with Crippen LogP contribution in [0.2, 0.25) is 0 Å². The molecule has 0 fully saturated rings. The molecule has 0 bridgehead atoms. The van der Waals surface area contributed by atoms with Gasteiger partial charge in [0.1, 0.15) is 27.3 Å². The number of esters is 2. The van der Waals surface area contributed by atoms with Crippen LogP contribution in [0.1, 0.15) is 47.5 Å². The van der Waals surface area contributed by atoms with Gasteiger partial charge in [-0.15, -0.1) is 6.58 Å². The van der Waals surface area contributed by atoms with E-state index in [1.807, 2.05) is 0 Å². The molecule has 0 spiro atoms. The van der Waals surface area contributed by atoms with Crippen LogP contribution in [0, 0.1) is 10.8 Å². The summed E-state index contributed by atoms with van der Waals surface area (Å²) in [5, 5.41) is 8.22. The molecule has 0 aromatic heterocycles. The topological polar surface area (TPSA) is 85.7 Å². The first-order valence-electron chi connectivity index (χ1n) is 8.29. The Hall–Kier alpha value is -0.890. The van der Waals surface area contributed by atoms with Gasteiger partial charge in [0, 0.05) is 0 Å². The van der Waals surface area contributed by atoms with Gasteiger partial charge in [-0.2, -0.15) is 0 Å². The van der Waals surface area contributed by atoms with Crippen LogP contribution in [0.3, 0.4) is 0 Å². The highest BCUT2D eigenvalue weighted by Gasteiger charge is 2.38. The Morgan fingerprint density at radius 2 is 1.38 bits per heavy atom. The van der Waals surface area contributed by atoms with Gasteiger partial charge in [-0.25, -0.2) is 0 Å². The van der Waals surface area contributed by atoms with Crippen LogP contribution in [0.5, 0.6) is 0 Å². The van der Waals surface area contributed by atoms with Crippen molar-refractivity contribution >= 4 is 49.7 Å². The summed E-state index contributed by atoms with van der Waals surface area (Å²) in [6.45, 7) is 12.0. The maximum Gasteiger partial charge on any atom is 0.322 e. The molecule has 0 amide bonds. The van der Waals surface area contributed by atoms with Gasteiger partial charge in [-0.05, 0) is 47.5 Å². The van der Waals surface area contributed by atoms with Crippen LogP contribution in [-0.2, 0) is 23.8 Å². The van der Waals surface area contributed by atoms with Gasteiger partial charge in [-0.3, -0.25) is 15.0 Å². The lowest BCUT2D eigenvalue weighted by Gasteiger charge is -2.30. The molecule has 26 heavy (non-hydrogen) atoms. The molecule has 0 aromatic carbocycles. The van der Waals surface area contributed by atoms with E-state index < -0.39 is 26.0 Å². The summed E-state index contributed by atoms with van der Waals surface area (Å²) < 4.78 is 14.4. The quantitative estimate of drug-likeness (QED) is 0.114. The summed E-state index contributed by atoms with van der Waals surface area (Å²) >= 11 is 6.47. The number of carbonyl (C=O) groups excluding carboxylic acids is 2. The third-order valence-corrected chi connectivity index (χ3v) is 4.01. The van der Waals surface area contributed by atoms with Gasteiger partial charge in [0.2, 0.25) is 0 Å². The number of allylic oxidation sites excluding steroid dienone is 1. The maximum absolute atomic E-state index is 12.0. The molecule has 0 atom stereocenters. The Labute approximate surface area is 172 Å². The molecule has 150 valence electrons. The fourth-order valence-corrected chi connectivity index (χ4v) is 1.77. The van der Waals surface area contributed by atoms with Crippen molar-refractivity contribution in [3.8, 4) is 0 Å². The third kappa shape index (κ3) is 9.16. The minimum absolute atomic E-state index is 0.0954. The average molecular weight is 499 g/mol. The van der Waals surface area contributed by atoms with E-state index in [1.165, 1.54) is 0 Å². The molecule has 0 saturated heterocycles. The Balaban J connectivity index is 5.05. The molecule has 8 heteroatoms. The SMILES string of the molecule is C=CCCCOC(=N)C(C)(COC(=O)C(C)(C)Br)COC(=O)C(C)(C)Br. The molecule has 0 aliphatic heterocycles. The van der Waals surface area contributed by atoms with Gasteiger partial charge in [0.15, 0.2) is 5.90 Å². The third-order valence-electron chi connectivity index (χ3n) is 3.36. The number of nitrogens with one attached hydrogen (secondary N) is 1. The van der Waals surface area contributed by atoms with E-state index in [1.54, 1.807) is 40.7 Å². The number of unbranched alkanes of at least 4 members (excludes halogenated alkanes) is 1. The monoisotopic (exact) mass is 497 g/mol. The van der Waals surface area contributed by atoms with Gasteiger partial charge >= 0.3 is 11.9 Å². The van der Waals surface area contributed by atoms with Crippen LogP contribution in [0.25, 0.3) is 0 Å². The van der Waals surface area contributed by atoms with Crippen molar-refractivity contribution in [2.45, 2.75) is 56.1 Å². The molecule has 0 saturated carbocycles. The fraction of sp³-hybridized carbons (Fsp3) is 0.722. The van der Waals surface area contributed by atoms with Crippen LogP contribution >= 0.6 is 31.9 Å². The normalized spacial score (nSPS) is 12.3. The van der Waals surface area contributed by atoms with E-state index in [0.717, 1.165) is 6.42 Å². The molecule has 0 aromatic rings. The minimum atomic E-state index is -1.09. The summed E-state index contributed by atoms with van der Waals surface area (Å²) in [6, 6.07) is 0. The molecule has 0 heterocycles. The number of carbonyl (C=O) groups is 2. The molecular formula is C18H29Br2NO5. The van der Waals surface area contributed by atoms with Gasteiger partial charge in [-0.1, -0.05) is 37.9 Å². The lowest BCUT2D eigenvalue weighted by atomic mass is 9.92. The molecule has 0 rings (SSSR count). The minimum Gasteiger partial charge on any atom is -0.481 e. The smallest absolute Gasteiger partial charge is 0.322 e. The zero-order valence-corrected chi connectivity index (χ0v) is 19.3. The molecule has 0 aliphatic rings. The van der Waals surface area contributed by atoms with Crippen molar-refractivity contribution in [3.63, 3.8) is 0 Å². The first kappa shape index (κ1) is 25.1. The van der Waals surface area contributed by atoms with Crippen molar-refractivity contribution in [3.05, 3.63) is 12.7 Å². The zero-order chi connectivity index (χ0) is 20.6. The van der Waals surface area contributed by atoms with Crippen LogP contribution in [0.15, 0.2) is 12.7 Å². The molecule has 1 N–H and O–H groups in total. The number of rotatable bonds is 11. The summed E-state index contributed by atoms with van der Waals surface area (Å²) in [7, 11) is 0. The Morgan fingerprint density at radius 3 is 1.73 bits per heavy atom. The predicted molar refractivity (Wildman–Crippen MR) is 109 cm³/mol. The molecule has 0 radical (unpaired) electrons. The van der Waals surface area contributed by atoms with Crippen molar-refractivity contribution in [1.29, 1.82) is 5.41 Å². The van der Waals surface area contributed by atoms with Gasteiger partial charge in [0.05, 0.1) is 6.61 Å². The predicted octanol–water partition coefficient (Wildman–Crippen LogP) is 4.39. The van der Waals surface area contributed by atoms with Crippen molar-refractivity contribution in [2.24, 2.45) is 5.41 Å². The van der Waals surface area contributed by atoms with Crippen molar-refractivity contribution in [1.82, 2.24) is 0 Å². The Kier molecular flexibility index (Phi) is 10.1. The van der Waals surface area contributed by atoms with Gasteiger partial charge < -0.3 is 14.2 Å². The summed E-state index contributed by atoms with van der Waals surface area (Å²) in [5.74, 6) is -1.05. The van der Waals surface area contributed by atoms with Crippen molar-refractivity contribution < 1.29 is 23.8 Å². The second-order valence-corrected chi connectivity index (χ2v) is 11.2. The van der Waals surface area contributed by atoms with Crippen LogP contribution in [0.4, 0.5) is 0 Å². The molecule has 0 unspecified atom stereocenters. The highest BCUT2D eigenvalue weighted by atomic mass is 79.9. The number of halogens is 2. The lowest BCUT2D eigenvalue weighted by molar-refractivity contribution is -0.153. The Morgan fingerprint density at radius 1 is 0.962 bits per heavy atom. The van der Waals surface area contributed by atoms with E-state index in [-0.39, 0.29) is 19.1 Å². The van der Waals surface area contributed by atoms with E-state index >= 15 is 0 Å². The lowest BCUT2D eigenvalue weighted by Crippen LogP contribution is -2.43. The largest absolute Gasteiger partial charge is 0.481 e. The summed E-state index contributed by atoms with van der Waals surface area (Å²) in [4.78, 5) is 24.0. The summed E-state index contributed by atoms with van der Waals surface area (Å²) in [6.07, 6.45) is 3.25. The van der Waals surface area contributed by atoms with Crippen molar-refractivity contribution in [2.75, 3.05) is 19.8 Å². The maximum atomic E-state index is 12.0. The average Bonchev–Trinajstić information content (AvgIpc) is 2.52. The standard InChI is InChI=1S/C18H29Br2NO5/c1-7-8-9-10-24-13(21)18(6,11-25-14(22)16(2,3)19)12-26-15(23)17(4,5)20/h7,21H,1,8-12H2,2-6H3. The van der Waals surface area contributed by atoms with E-state index in [0.29, 0.717) is 13.0 Å². The number of ether oxygens (including phenoxy) is 3. The molecule has 0 aliphatic carbocycles. The molecular weight excluding hydrogens is 470 g/mol. The van der Waals surface area contributed by atoms with Gasteiger partial charge in [0.25, 0.3) is 0 Å². The second kappa shape index (κ2) is 10.4. The van der Waals surface area contributed by atoms with E-state index in [9.17, 15) is 9.59 Å². The first-order chi connectivity index (χ1) is 11.7. The second-order valence-electron chi connectivity index (χ2n) is 7.27. The van der Waals surface area contributed by atoms with Crippen LogP contribution in [-0.4, -0.2) is 46.3 Å². The number of hydrogen-bond donors (Lipinski definition) is 1. The fourth-order valence-electron chi connectivity index (χ4n) is 1.54. The Bertz CT molecular complexity index is 491. The highest BCUT2D eigenvalue weighted by molar-refractivity contribution is 9.10. The summed E-state index contributed by atoms with van der Waals surface area (Å²) in [5.41, 5.74) is -1.09. The highest BCUT2D eigenvalue weighted by Crippen LogP contribution is 2.26.